The first-order valence-corrected chi connectivity index (χ1v) is 20.8. The molecule has 2 aliphatic heterocycles. The summed E-state index contributed by atoms with van der Waals surface area (Å²) in [5.41, 5.74) is 16.4. The molecular formula is C56H43NO. The number of allylic oxidation sites excluding steroid dienone is 7. The topological polar surface area (TPSA) is 21.6 Å². The molecule has 1 saturated heterocycles. The number of ether oxygens (including phenoxy) is 1. The molecule has 4 aliphatic carbocycles. The van der Waals surface area contributed by atoms with Gasteiger partial charge in [0.2, 0.25) is 0 Å². The molecule has 278 valence electrons. The third-order valence-corrected chi connectivity index (χ3v) is 12.9. The van der Waals surface area contributed by atoms with Crippen LogP contribution in [-0.4, -0.2) is 11.8 Å². The molecule has 0 aromatic heterocycles. The highest BCUT2D eigenvalue weighted by atomic mass is 16.5. The first-order chi connectivity index (χ1) is 28.7. The molecule has 0 amide bonds. The molecule has 2 heterocycles. The average Bonchev–Trinajstić information content (AvgIpc) is 3.54. The lowest BCUT2D eigenvalue weighted by atomic mass is 9.80. The minimum atomic E-state index is 0.0348. The van der Waals surface area contributed by atoms with Gasteiger partial charge in [0.05, 0.1) is 5.70 Å². The first kappa shape index (κ1) is 34.5. The van der Waals surface area contributed by atoms with E-state index in [0.717, 1.165) is 42.7 Å². The van der Waals surface area contributed by atoms with E-state index in [1.54, 1.807) is 0 Å². The molecule has 0 bridgehead atoms. The molecule has 1 fully saturated rings. The average molecular weight is 746 g/mol. The Morgan fingerprint density at radius 3 is 2.21 bits per heavy atom. The maximum Gasteiger partial charge on any atom is 0.129 e. The van der Waals surface area contributed by atoms with Gasteiger partial charge in [-0.25, -0.2) is 0 Å². The zero-order valence-corrected chi connectivity index (χ0v) is 32.4. The predicted octanol–water partition coefficient (Wildman–Crippen LogP) is 11.4. The smallest absolute Gasteiger partial charge is 0.129 e. The van der Waals surface area contributed by atoms with Gasteiger partial charge in [0.15, 0.2) is 0 Å². The molecule has 0 spiro atoms. The van der Waals surface area contributed by atoms with E-state index in [1.807, 2.05) is 0 Å². The van der Waals surface area contributed by atoms with Gasteiger partial charge in [-0.3, -0.25) is 4.99 Å². The van der Waals surface area contributed by atoms with Crippen molar-refractivity contribution in [2.24, 2.45) is 10.9 Å². The van der Waals surface area contributed by atoms with Crippen LogP contribution in [0, 0.1) is 17.8 Å². The summed E-state index contributed by atoms with van der Waals surface area (Å²) >= 11 is 0. The number of fused-ring (bicyclic) bond motifs is 5. The summed E-state index contributed by atoms with van der Waals surface area (Å²) in [6.07, 6.45) is 22.2. The second-order valence-corrected chi connectivity index (χ2v) is 16.1. The summed E-state index contributed by atoms with van der Waals surface area (Å²) in [5, 5.41) is 2.57. The van der Waals surface area contributed by atoms with Crippen molar-refractivity contribution in [2.45, 2.75) is 50.0 Å². The number of benzene rings is 5. The summed E-state index contributed by atoms with van der Waals surface area (Å²) in [7, 11) is 0. The van der Waals surface area contributed by atoms with Crippen LogP contribution >= 0.6 is 0 Å². The van der Waals surface area contributed by atoms with E-state index in [1.165, 1.54) is 71.8 Å². The lowest BCUT2D eigenvalue weighted by Gasteiger charge is -2.27. The maximum absolute atomic E-state index is 6.73. The fourth-order valence-corrected chi connectivity index (χ4v) is 9.92. The van der Waals surface area contributed by atoms with E-state index >= 15 is 0 Å². The van der Waals surface area contributed by atoms with Crippen LogP contribution < -0.4 is 10.4 Å². The predicted molar refractivity (Wildman–Crippen MR) is 239 cm³/mol. The standard InChI is InChI=1S/C56H43NO/c1-2-13-37(14-3-1)38-27-31-42(32-28-38)53-35-43(39-25-29-41(30-26-39)45-23-12-16-40-15-4-5-17-44(40)45)36-54(57-53)49-34-33-48(46-18-6-7-19-47(46)49)51-21-8-9-22-52-50-20-10-11-24-55(50)58-56(51)52/h1-7,10-20,22,24-32,35,43,45,50,55H,21,23,33-34,36H2. The molecule has 5 aromatic rings. The molecule has 6 aliphatic rings. The Morgan fingerprint density at radius 1 is 0.638 bits per heavy atom. The third kappa shape index (κ3) is 6.19. The SMILES string of the molecule is C1#CCC(C2=c3ccccc3=C(C3=NC(c4ccc(-c5ccccc5)cc4)=CC(c4ccc(C5CC=Cc6ccccc65)cc4)C3)CC2)=C2OC3C=CC=CC3C2=C1. The molecule has 0 N–H and O–H groups in total. The molecular weight excluding hydrogens is 703 g/mol. The number of aliphatic imine (C=N–C) groups is 1. The minimum absolute atomic E-state index is 0.0348. The summed E-state index contributed by atoms with van der Waals surface area (Å²) in [6.45, 7) is 0. The van der Waals surface area contributed by atoms with E-state index in [4.69, 9.17) is 9.73 Å². The number of hydrogen-bond acceptors (Lipinski definition) is 2. The van der Waals surface area contributed by atoms with E-state index in [9.17, 15) is 0 Å². The quantitative estimate of drug-likeness (QED) is 0.159. The van der Waals surface area contributed by atoms with Gasteiger partial charge in [0, 0.05) is 47.5 Å². The van der Waals surface area contributed by atoms with E-state index in [0.29, 0.717) is 12.3 Å². The summed E-state index contributed by atoms with van der Waals surface area (Å²) in [6, 6.07) is 46.9. The largest absolute Gasteiger partial charge is 0.485 e. The number of nitrogens with zero attached hydrogens (tertiary/aromatic N) is 1. The molecule has 0 saturated carbocycles. The fraction of sp³-hybridized carbons (Fsp3) is 0.161. The Morgan fingerprint density at radius 2 is 1.34 bits per heavy atom. The highest BCUT2D eigenvalue weighted by Gasteiger charge is 2.38. The van der Waals surface area contributed by atoms with Crippen molar-refractivity contribution in [1.82, 2.24) is 0 Å². The van der Waals surface area contributed by atoms with Crippen LogP contribution in [0.4, 0.5) is 0 Å². The van der Waals surface area contributed by atoms with Crippen molar-refractivity contribution in [2.75, 3.05) is 0 Å². The van der Waals surface area contributed by atoms with Crippen LogP contribution in [0.3, 0.4) is 0 Å². The Balaban J connectivity index is 1.01. The zero-order valence-electron chi connectivity index (χ0n) is 32.4. The Labute approximate surface area is 341 Å². The van der Waals surface area contributed by atoms with Crippen LogP contribution in [-0.2, 0) is 4.74 Å². The van der Waals surface area contributed by atoms with Gasteiger partial charge in [-0.2, -0.15) is 0 Å². The van der Waals surface area contributed by atoms with E-state index in [2.05, 4.69) is 188 Å². The van der Waals surface area contributed by atoms with Gasteiger partial charge in [-0.05, 0) is 91.9 Å². The Hall–Kier alpha value is -6.69. The third-order valence-electron chi connectivity index (χ3n) is 12.9. The lowest BCUT2D eigenvalue weighted by molar-refractivity contribution is 0.182. The molecule has 58 heavy (non-hydrogen) atoms. The minimum Gasteiger partial charge on any atom is -0.485 e. The molecule has 2 heteroatoms. The van der Waals surface area contributed by atoms with Crippen LogP contribution in [0.1, 0.15) is 71.8 Å². The van der Waals surface area contributed by atoms with Gasteiger partial charge in [-0.15, -0.1) is 0 Å². The molecule has 2 nitrogen and oxygen atoms in total. The van der Waals surface area contributed by atoms with Crippen molar-refractivity contribution in [3.8, 4) is 23.0 Å². The monoisotopic (exact) mass is 745 g/mol. The second-order valence-electron chi connectivity index (χ2n) is 16.1. The van der Waals surface area contributed by atoms with Gasteiger partial charge in [0.1, 0.15) is 11.9 Å². The number of hydrogen-bond donors (Lipinski definition) is 0. The summed E-state index contributed by atoms with van der Waals surface area (Å²) in [5.74, 6) is 8.60. The molecule has 11 rings (SSSR count). The van der Waals surface area contributed by atoms with Crippen molar-refractivity contribution < 1.29 is 4.74 Å². The molecule has 4 unspecified atom stereocenters. The van der Waals surface area contributed by atoms with Crippen LogP contribution in [0.25, 0.3) is 34.0 Å². The molecule has 4 atom stereocenters. The van der Waals surface area contributed by atoms with Crippen molar-refractivity contribution >= 4 is 28.6 Å². The lowest BCUT2D eigenvalue weighted by Crippen LogP contribution is -2.35. The Bertz CT molecular complexity index is 2880. The van der Waals surface area contributed by atoms with Gasteiger partial charge < -0.3 is 4.74 Å². The van der Waals surface area contributed by atoms with E-state index < -0.39 is 0 Å². The van der Waals surface area contributed by atoms with Gasteiger partial charge >= 0.3 is 0 Å². The summed E-state index contributed by atoms with van der Waals surface area (Å²) < 4.78 is 6.73. The summed E-state index contributed by atoms with van der Waals surface area (Å²) in [4.78, 5) is 5.56. The number of rotatable bonds is 6. The van der Waals surface area contributed by atoms with Crippen LogP contribution in [0.5, 0.6) is 0 Å². The van der Waals surface area contributed by atoms with Crippen LogP contribution in [0.2, 0.25) is 0 Å². The fourth-order valence-electron chi connectivity index (χ4n) is 9.92. The highest BCUT2D eigenvalue weighted by molar-refractivity contribution is 6.21. The van der Waals surface area contributed by atoms with Crippen molar-refractivity contribution in [3.63, 3.8) is 0 Å². The maximum atomic E-state index is 6.73. The first-order valence-electron chi connectivity index (χ1n) is 20.8. The second kappa shape index (κ2) is 14.7. The van der Waals surface area contributed by atoms with Crippen LogP contribution in [0.15, 0.2) is 192 Å². The van der Waals surface area contributed by atoms with Crippen molar-refractivity contribution in [3.05, 3.63) is 225 Å². The molecule has 0 radical (unpaired) electrons. The van der Waals surface area contributed by atoms with Gasteiger partial charge in [0.25, 0.3) is 0 Å². The normalized spacial score (nSPS) is 22.6. The molecule has 5 aromatic carbocycles. The highest BCUT2D eigenvalue weighted by Crippen LogP contribution is 2.44. The zero-order chi connectivity index (χ0) is 38.4. The Kier molecular flexibility index (Phi) is 8.74. The van der Waals surface area contributed by atoms with Crippen molar-refractivity contribution in [1.29, 1.82) is 0 Å². The van der Waals surface area contributed by atoms with E-state index in [-0.39, 0.29) is 17.9 Å². The van der Waals surface area contributed by atoms with Gasteiger partial charge in [-0.1, -0.05) is 176 Å².